The van der Waals surface area contributed by atoms with E-state index in [1.165, 1.54) is 64.2 Å². The van der Waals surface area contributed by atoms with E-state index in [9.17, 15) is 4.79 Å². The molecular formula is C21H40N2O2. The molecule has 0 spiro atoms. The van der Waals surface area contributed by atoms with Crippen molar-refractivity contribution < 1.29 is 9.53 Å². The third-order valence-corrected chi connectivity index (χ3v) is 5.90. The molecule has 0 aromatic rings. The quantitative estimate of drug-likeness (QED) is 0.683. The van der Waals surface area contributed by atoms with Gasteiger partial charge in [0.1, 0.15) is 5.60 Å². The fraction of sp³-hybridized carbons (Fsp3) is 0.952. The summed E-state index contributed by atoms with van der Waals surface area (Å²) in [6.45, 7) is 8.83. The lowest BCUT2D eigenvalue weighted by Crippen LogP contribution is -2.49. The van der Waals surface area contributed by atoms with E-state index in [1.807, 2.05) is 20.8 Å². The Balaban J connectivity index is 1.81. The molecule has 25 heavy (non-hydrogen) atoms. The Morgan fingerprint density at radius 3 is 2.24 bits per heavy atom. The van der Waals surface area contributed by atoms with Gasteiger partial charge in [-0.05, 0) is 65.2 Å². The lowest BCUT2D eigenvalue weighted by molar-refractivity contribution is 0.0509. The van der Waals surface area contributed by atoms with Crippen LogP contribution in [0.25, 0.3) is 0 Å². The van der Waals surface area contributed by atoms with Crippen molar-refractivity contribution in [2.75, 3.05) is 6.54 Å². The molecule has 2 rings (SSSR count). The number of nitrogens with one attached hydrogen (secondary N) is 2. The topological polar surface area (TPSA) is 50.4 Å². The van der Waals surface area contributed by atoms with Gasteiger partial charge in [0.05, 0.1) is 0 Å². The first-order valence-corrected chi connectivity index (χ1v) is 10.6. The van der Waals surface area contributed by atoms with Gasteiger partial charge < -0.3 is 15.4 Å². The predicted molar refractivity (Wildman–Crippen MR) is 104 cm³/mol. The van der Waals surface area contributed by atoms with Gasteiger partial charge in [-0.25, -0.2) is 4.79 Å². The molecule has 0 heterocycles. The molecule has 2 aliphatic rings. The van der Waals surface area contributed by atoms with E-state index < -0.39 is 5.60 Å². The Labute approximate surface area is 154 Å². The molecule has 2 saturated carbocycles. The average molecular weight is 353 g/mol. The fourth-order valence-electron chi connectivity index (χ4n) is 4.48. The molecular weight excluding hydrogens is 312 g/mol. The molecule has 0 bridgehead atoms. The summed E-state index contributed by atoms with van der Waals surface area (Å²) in [5.41, 5.74) is -0.428. The summed E-state index contributed by atoms with van der Waals surface area (Å²) in [7, 11) is 0. The summed E-state index contributed by atoms with van der Waals surface area (Å²) in [5.74, 6) is 1.35. The molecule has 2 fully saturated rings. The molecule has 1 amide bonds. The number of rotatable bonds is 5. The van der Waals surface area contributed by atoms with Gasteiger partial charge in [-0.1, -0.05) is 38.5 Å². The van der Waals surface area contributed by atoms with Crippen LogP contribution in [0.4, 0.5) is 4.79 Å². The van der Waals surface area contributed by atoms with Gasteiger partial charge in [0.2, 0.25) is 0 Å². The number of amides is 1. The second-order valence-electron chi connectivity index (χ2n) is 9.24. The average Bonchev–Trinajstić information content (AvgIpc) is 2.81. The van der Waals surface area contributed by atoms with Crippen LogP contribution >= 0.6 is 0 Å². The second-order valence-corrected chi connectivity index (χ2v) is 9.24. The van der Waals surface area contributed by atoms with E-state index in [4.69, 9.17) is 4.74 Å². The van der Waals surface area contributed by atoms with E-state index in [0.717, 1.165) is 12.5 Å². The Kier molecular flexibility index (Phi) is 8.05. The smallest absolute Gasteiger partial charge is 0.407 e. The highest BCUT2D eigenvalue weighted by molar-refractivity contribution is 5.67. The maximum Gasteiger partial charge on any atom is 0.407 e. The molecule has 4 heteroatoms. The molecule has 0 aromatic carbocycles. The molecule has 146 valence electrons. The Morgan fingerprint density at radius 2 is 1.60 bits per heavy atom. The van der Waals surface area contributed by atoms with Gasteiger partial charge in [0, 0.05) is 18.6 Å². The summed E-state index contributed by atoms with van der Waals surface area (Å²) >= 11 is 0. The van der Waals surface area contributed by atoms with Crippen LogP contribution in [-0.4, -0.2) is 30.3 Å². The van der Waals surface area contributed by atoms with Crippen LogP contribution in [0.5, 0.6) is 0 Å². The molecule has 2 aliphatic carbocycles. The number of ether oxygens (including phenoxy) is 1. The monoisotopic (exact) mass is 352 g/mol. The van der Waals surface area contributed by atoms with Crippen molar-refractivity contribution >= 4 is 6.09 Å². The molecule has 4 nitrogen and oxygen atoms in total. The zero-order valence-corrected chi connectivity index (χ0v) is 16.9. The molecule has 0 aromatic heterocycles. The van der Waals surface area contributed by atoms with Gasteiger partial charge in [0.25, 0.3) is 0 Å². The molecule has 3 atom stereocenters. The van der Waals surface area contributed by atoms with Crippen LogP contribution in [0.3, 0.4) is 0 Å². The van der Waals surface area contributed by atoms with Crippen molar-refractivity contribution in [1.82, 2.24) is 10.6 Å². The van der Waals surface area contributed by atoms with Gasteiger partial charge in [-0.15, -0.1) is 0 Å². The van der Waals surface area contributed by atoms with E-state index in [2.05, 4.69) is 17.6 Å². The van der Waals surface area contributed by atoms with Gasteiger partial charge in [-0.3, -0.25) is 0 Å². The van der Waals surface area contributed by atoms with E-state index in [0.29, 0.717) is 18.0 Å². The third kappa shape index (κ3) is 7.55. The highest BCUT2D eigenvalue weighted by Gasteiger charge is 2.29. The Bertz CT molecular complexity index is 397. The zero-order valence-electron chi connectivity index (χ0n) is 16.9. The minimum atomic E-state index is -0.428. The zero-order chi connectivity index (χ0) is 18.3. The number of alkyl carbamates (subject to hydrolysis) is 1. The Morgan fingerprint density at radius 1 is 1.00 bits per heavy atom. The molecule has 0 radical (unpaired) electrons. The first-order valence-electron chi connectivity index (χ1n) is 10.6. The second kappa shape index (κ2) is 9.80. The maximum atomic E-state index is 12.0. The van der Waals surface area contributed by atoms with Crippen LogP contribution in [0.15, 0.2) is 0 Å². The van der Waals surface area contributed by atoms with Crippen molar-refractivity contribution in [3.63, 3.8) is 0 Å². The predicted octanol–water partition coefficient (Wildman–Crippen LogP) is 5.02. The summed E-state index contributed by atoms with van der Waals surface area (Å²) in [6.07, 6.45) is 13.1. The molecule has 2 unspecified atom stereocenters. The molecule has 0 saturated heterocycles. The Hall–Kier alpha value is -0.770. The normalized spacial score (nSPS) is 27.4. The summed E-state index contributed by atoms with van der Waals surface area (Å²) in [4.78, 5) is 12.0. The van der Waals surface area contributed by atoms with E-state index in [1.54, 1.807) is 0 Å². The summed E-state index contributed by atoms with van der Waals surface area (Å²) in [5, 5.41) is 6.95. The first kappa shape index (κ1) is 20.5. The minimum absolute atomic E-state index is 0.284. The van der Waals surface area contributed by atoms with Crippen molar-refractivity contribution in [3.8, 4) is 0 Å². The van der Waals surface area contributed by atoms with Crippen molar-refractivity contribution in [1.29, 1.82) is 0 Å². The van der Waals surface area contributed by atoms with Gasteiger partial charge >= 0.3 is 6.09 Å². The van der Waals surface area contributed by atoms with Crippen LogP contribution in [0.2, 0.25) is 0 Å². The number of hydrogen-bond donors (Lipinski definition) is 2. The summed E-state index contributed by atoms with van der Waals surface area (Å²) in [6, 6.07) is 1.12. The van der Waals surface area contributed by atoms with Crippen LogP contribution in [0, 0.1) is 11.8 Å². The van der Waals surface area contributed by atoms with Crippen LogP contribution < -0.4 is 10.6 Å². The number of carbonyl (C=O) groups is 1. The van der Waals surface area contributed by atoms with Gasteiger partial charge in [-0.2, -0.15) is 0 Å². The van der Waals surface area contributed by atoms with Crippen molar-refractivity contribution in [2.45, 2.75) is 110 Å². The maximum absolute atomic E-state index is 12.0. The standard InChI is InChI=1S/C21H40N2O2/c1-16(17-11-7-5-6-8-12-17)23-19-14-10-9-13-18(19)15-22-20(24)25-21(2,3)4/h16-19,23H,5-15H2,1-4H3,(H,22,24)/t16-,18?,19?/m1/s1. The lowest BCUT2D eigenvalue weighted by Gasteiger charge is -2.36. The SMILES string of the molecule is C[C@@H](NC1CCCCC1CNC(=O)OC(C)(C)C)C1CCCCCC1. The van der Waals surface area contributed by atoms with Crippen LogP contribution in [-0.2, 0) is 4.74 Å². The highest BCUT2D eigenvalue weighted by Crippen LogP contribution is 2.29. The van der Waals surface area contributed by atoms with E-state index >= 15 is 0 Å². The van der Waals surface area contributed by atoms with Crippen molar-refractivity contribution in [3.05, 3.63) is 0 Å². The number of hydrogen-bond acceptors (Lipinski definition) is 3. The molecule has 0 aliphatic heterocycles. The minimum Gasteiger partial charge on any atom is -0.444 e. The third-order valence-electron chi connectivity index (χ3n) is 5.90. The van der Waals surface area contributed by atoms with E-state index in [-0.39, 0.29) is 6.09 Å². The lowest BCUT2D eigenvalue weighted by atomic mass is 9.82. The largest absolute Gasteiger partial charge is 0.444 e. The molecule has 2 N–H and O–H groups in total. The number of carbonyl (C=O) groups excluding carboxylic acids is 1. The van der Waals surface area contributed by atoms with Gasteiger partial charge in [0.15, 0.2) is 0 Å². The summed E-state index contributed by atoms with van der Waals surface area (Å²) < 4.78 is 5.38. The fourth-order valence-corrected chi connectivity index (χ4v) is 4.48. The highest BCUT2D eigenvalue weighted by atomic mass is 16.6. The van der Waals surface area contributed by atoms with Crippen molar-refractivity contribution in [2.24, 2.45) is 11.8 Å². The van der Waals surface area contributed by atoms with Crippen LogP contribution in [0.1, 0.15) is 91.9 Å². The first-order chi connectivity index (χ1) is 11.8.